The molecule has 0 spiro atoms. The standard InChI is InChI=1S/C16H24BrN3O2/c1-12-11-14(5-6-15(12)17)20(13(2)21)9-7-16(22)18-8-10-19(3)4/h5-6,11H,7-10H2,1-4H3,(H,18,22). The summed E-state index contributed by atoms with van der Waals surface area (Å²) in [6, 6.07) is 5.73. The van der Waals surface area contributed by atoms with Gasteiger partial charge in [-0.1, -0.05) is 15.9 Å². The molecule has 2 amide bonds. The molecule has 0 aliphatic heterocycles. The van der Waals surface area contributed by atoms with Crippen molar-refractivity contribution in [3.05, 3.63) is 28.2 Å². The number of benzene rings is 1. The Bertz CT molecular complexity index is 532. The summed E-state index contributed by atoms with van der Waals surface area (Å²) < 4.78 is 1.00. The van der Waals surface area contributed by atoms with Gasteiger partial charge in [0.2, 0.25) is 11.8 Å². The van der Waals surface area contributed by atoms with Gasteiger partial charge >= 0.3 is 0 Å². The Balaban J connectivity index is 2.60. The van der Waals surface area contributed by atoms with Gasteiger partial charge in [-0.25, -0.2) is 0 Å². The van der Waals surface area contributed by atoms with Crippen molar-refractivity contribution < 1.29 is 9.59 Å². The van der Waals surface area contributed by atoms with Gasteiger partial charge in [0.05, 0.1) is 0 Å². The fraction of sp³-hybridized carbons (Fsp3) is 0.500. The molecule has 22 heavy (non-hydrogen) atoms. The van der Waals surface area contributed by atoms with E-state index < -0.39 is 0 Å². The molecule has 122 valence electrons. The summed E-state index contributed by atoms with van der Waals surface area (Å²) in [6.45, 7) is 5.28. The molecule has 0 aliphatic carbocycles. The summed E-state index contributed by atoms with van der Waals surface area (Å²) in [5.41, 5.74) is 1.87. The van der Waals surface area contributed by atoms with Gasteiger partial charge in [0, 0.05) is 43.1 Å². The molecule has 0 atom stereocenters. The van der Waals surface area contributed by atoms with Gasteiger partial charge in [0.1, 0.15) is 0 Å². The van der Waals surface area contributed by atoms with Gasteiger partial charge < -0.3 is 15.1 Å². The molecule has 6 heteroatoms. The van der Waals surface area contributed by atoms with E-state index in [4.69, 9.17) is 0 Å². The molecule has 0 saturated heterocycles. The molecular weight excluding hydrogens is 346 g/mol. The summed E-state index contributed by atoms with van der Waals surface area (Å²) in [5, 5.41) is 2.85. The lowest BCUT2D eigenvalue weighted by Gasteiger charge is -2.22. The number of likely N-dealkylation sites (N-methyl/N-ethyl adjacent to an activating group) is 1. The van der Waals surface area contributed by atoms with Crippen molar-refractivity contribution in [1.29, 1.82) is 0 Å². The molecule has 0 aliphatic rings. The zero-order valence-corrected chi connectivity index (χ0v) is 15.2. The van der Waals surface area contributed by atoms with E-state index in [0.717, 1.165) is 22.3 Å². The van der Waals surface area contributed by atoms with Crippen LogP contribution in [0, 0.1) is 6.92 Å². The van der Waals surface area contributed by atoms with Crippen LogP contribution in [-0.4, -0.2) is 50.4 Å². The number of hydrogen-bond donors (Lipinski definition) is 1. The van der Waals surface area contributed by atoms with Crippen LogP contribution in [0.5, 0.6) is 0 Å². The number of halogens is 1. The molecule has 1 rings (SSSR count). The van der Waals surface area contributed by atoms with Crippen LogP contribution in [0.25, 0.3) is 0 Å². The number of carbonyl (C=O) groups excluding carboxylic acids is 2. The van der Waals surface area contributed by atoms with Gasteiger partial charge in [-0.2, -0.15) is 0 Å². The van der Waals surface area contributed by atoms with Crippen molar-refractivity contribution in [2.75, 3.05) is 38.6 Å². The molecule has 5 nitrogen and oxygen atoms in total. The highest BCUT2D eigenvalue weighted by Gasteiger charge is 2.14. The van der Waals surface area contributed by atoms with Crippen molar-refractivity contribution in [2.24, 2.45) is 0 Å². The second-order valence-electron chi connectivity index (χ2n) is 5.51. The van der Waals surface area contributed by atoms with Crippen LogP contribution in [0.1, 0.15) is 18.9 Å². The van der Waals surface area contributed by atoms with E-state index in [-0.39, 0.29) is 11.8 Å². The molecule has 0 fully saturated rings. The van der Waals surface area contributed by atoms with E-state index >= 15 is 0 Å². The van der Waals surface area contributed by atoms with E-state index in [1.807, 2.05) is 44.1 Å². The van der Waals surface area contributed by atoms with Crippen molar-refractivity contribution >= 4 is 33.4 Å². The quantitative estimate of drug-likeness (QED) is 0.801. The van der Waals surface area contributed by atoms with Crippen LogP contribution >= 0.6 is 15.9 Å². The maximum absolute atomic E-state index is 11.8. The Hall–Kier alpha value is -1.40. The fourth-order valence-corrected chi connectivity index (χ4v) is 2.23. The average molecular weight is 370 g/mol. The Labute approximate surface area is 140 Å². The third-order valence-corrected chi connectivity index (χ3v) is 4.17. The number of hydrogen-bond acceptors (Lipinski definition) is 3. The van der Waals surface area contributed by atoms with Gasteiger partial charge in [-0.05, 0) is 44.8 Å². The first-order valence-electron chi connectivity index (χ1n) is 7.27. The number of nitrogens with one attached hydrogen (secondary N) is 1. The average Bonchev–Trinajstić information content (AvgIpc) is 2.42. The minimum Gasteiger partial charge on any atom is -0.355 e. The Kier molecular flexibility index (Phi) is 7.55. The number of amides is 2. The molecule has 0 radical (unpaired) electrons. The molecule has 0 bridgehead atoms. The van der Waals surface area contributed by atoms with Gasteiger partial charge in [0.15, 0.2) is 0 Å². The molecular formula is C16H24BrN3O2. The van der Waals surface area contributed by atoms with Crippen molar-refractivity contribution in [3.63, 3.8) is 0 Å². The molecule has 1 aromatic carbocycles. The van der Waals surface area contributed by atoms with E-state index in [2.05, 4.69) is 21.2 Å². The maximum Gasteiger partial charge on any atom is 0.223 e. The third-order valence-electron chi connectivity index (χ3n) is 3.28. The molecule has 0 unspecified atom stereocenters. The number of rotatable bonds is 7. The van der Waals surface area contributed by atoms with Gasteiger partial charge in [-0.3, -0.25) is 9.59 Å². The number of anilines is 1. The van der Waals surface area contributed by atoms with E-state index in [1.165, 1.54) is 6.92 Å². The van der Waals surface area contributed by atoms with Crippen LogP contribution < -0.4 is 10.2 Å². The topological polar surface area (TPSA) is 52.7 Å². The minimum atomic E-state index is -0.0668. The van der Waals surface area contributed by atoms with Crippen LogP contribution in [-0.2, 0) is 9.59 Å². The monoisotopic (exact) mass is 369 g/mol. The predicted molar refractivity (Wildman–Crippen MR) is 93.1 cm³/mol. The van der Waals surface area contributed by atoms with Gasteiger partial charge in [-0.15, -0.1) is 0 Å². The first-order chi connectivity index (χ1) is 10.3. The van der Waals surface area contributed by atoms with E-state index in [9.17, 15) is 9.59 Å². The van der Waals surface area contributed by atoms with E-state index in [1.54, 1.807) is 4.90 Å². The van der Waals surface area contributed by atoms with Crippen molar-refractivity contribution in [2.45, 2.75) is 20.3 Å². The lowest BCUT2D eigenvalue weighted by atomic mass is 10.2. The summed E-state index contributed by atoms with van der Waals surface area (Å²) >= 11 is 3.45. The Morgan fingerprint density at radius 1 is 1.23 bits per heavy atom. The van der Waals surface area contributed by atoms with Crippen LogP contribution in [0.3, 0.4) is 0 Å². The first-order valence-corrected chi connectivity index (χ1v) is 8.06. The second-order valence-corrected chi connectivity index (χ2v) is 6.36. The minimum absolute atomic E-state index is 0.0399. The van der Waals surface area contributed by atoms with Crippen LogP contribution in [0.2, 0.25) is 0 Å². The van der Waals surface area contributed by atoms with E-state index in [0.29, 0.717) is 19.5 Å². The smallest absolute Gasteiger partial charge is 0.223 e. The van der Waals surface area contributed by atoms with Gasteiger partial charge in [0.25, 0.3) is 0 Å². The molecule has 0 saturated carbocycles. The SMILES string of the molecule is CC(=O)N(CCC(=O)NCCN(C)C)c1ccc(Br)c(C)c1. The number of aryl methyl sites for hydroxylation is 1. The second kappa shape index (κ2) is 8.90. The summed E-state index contributed by atoms with van der Waals surface area (Å²) in [7, 11) is 3.92. The number of carbonyl (C=O) groups is 2. The largest absolute Gasteiger partial charge is 0.355 e. The highest BCUT2D eigenvalue weighted by Crippen LogP contribution is 2.23. The molecule has 0 heterocycles. The Morgan fingerprint density at radius 3 is 2.45 bits per heavy atom. The predicted octanol–water partition coefficient (Wildman–Crippen LogP) is 2.18. The van der Waals surface area contributed by atoms with Crippen LogP contribution in [0.4, 0.5) is 5.69 Å². The zero-order chi connectivity index (χ0) is 16.7. The lowest BCUT2D eigenvalue weighted by Crippen LogP contribution is -2.36. The number of nitrogens with zero attached hydrogens (tertiary/aromatic N) is 2. The maximum atomic E-state index is 11.8. The molecule has 1 N–H and O–H groups in total. The normalized spacial score (nSPS) is 10.6. The van der Waals surface area contributed by atoms with Crippen molar-refractivity contribution in [3.8, 4) is 0 Å². The van der Waals surface area contributed by atoms with Crippen molar-refractivity contribution in [1.82, 2.24) is 10.2 Å². The lowest BCUT2D eigenvalue weighted by molar-refractivity contribution is -0.121. The molecule has 0 aromatic heterocycles. The van der Waals surface area contributed by atoms with Crippen LogP contribution in [0.15, 0.2) is 22.7 Å². The third kappa shape index (κ3) is 6.15. The Morgan fingerprint density at radius 2 is 1.91 bits per heavy atom. The zero-order valence-electron chi connectivity index (χ0n) is 13.6. The highest BCUT2D eigenvalue weighted by atomic mass is 79.9. The highest BCUT2D eigenvalue weighted by molar-refractivity contribution is 9.10. The fourth-order valence-electron chi connectivity index (χ4n) is 1.99. The summed E-state index contributed by atoms with van der Waals surface area (Å²) in [5.74, 6) is -0.107. The first kappa shape index (κ1) is 18.6. The summed E-state index contributed by atoms with van der Waals surface area (Å²) in [4.78, 5) is 27.3. The molecule has 1 aromatic rings. The summed E-state index contributed by atoms with van der Waals surface area (Å²) in [6.07, 6.45) is 0.294.